The van der Waals surface area contributed by atoms with Gasteiger partial charge in [-0.25, -0.2) is 0 Å². The third kappa shape index (κ3) is 3.03. The minimum absolute atomic E-state index is 0.235. The van der Waals surface area contributed by atoms with E-state index in [9.17, 15) is 0 Å². The molecular weight excluding hydrogens is 320 g/mol. The van der Waals surface area contributed by atoms with Crippen LogP contribution in [-0.4, -0.2) is 0 Å². The lowest BCUT2D eigenvalue weighted by Gasteiger charge is -2.14. The van der Waals surface area contributed by atoms with Gasteiger partial charge in [-0.2, -0.15) is 0 Å². The maximum atomic E-state index is 3.88. The third-order valence-electron chi connectivity index (χ3n) is 3.91. The second-order valence-electron chi connectivity index (χ2n) is 5.42. The first-order valence-electron chi connectivity index (χ1n) is 7.50. The number of hydrogen-bond acceptors (Lipinski definition) is 0. The smallest absolute Gasteiger partial charge is 0.0650 e. The first kappa shape index (κ1) is 14.3. The Hall–Kier alpha value is -1.60. The van der Waals surface area contributed by atoms with E-state index in [1.165, 1.54) is 33.9 Å². The molecule has 21 heavy (non-hydrogen) atoms. The summed E-state index contributed by atoms with van der Waals surface area (Å²) < 4.78 is 0. The third-order valence-corrected chi connectivity index (χ3v) is 4.93. The van der Waals surface area contributed by atoms with Crippen LogP contribution in [0.5, 0.6) is 0 Å². The second-order valence-corrected chi connectivity index (χ2v) is 6.34. The fourth-order valence-electron chi connectivity index (χ4n) is 2.79. The molecule has 1 unspecified atom stereocenters. The van der Waals surface area contributed by atoms with Crippen LogP contribution in [0.25, 0.3) is 10.8 Å². The van der Waals surface area contributed by atoms with Gasteiger partial charge in [0.05, 0.1) is 4.83 Å². The molecule has 3 rings (SSSR count). The Morgan fingerprint density at radius 3 is 2.33 bits per heavy atom. The predicted octanol–water partition coefficient (Wildman–Crippen LogP) is 6.28. The van der Waals surface area contributed by atoms with Gasteiger partial charge in [-0.15, -0.1) is 0 Å². The van der Waals surface area contributed by atoms with Gasteiger partial charge in [0, 0.05) is 0 Å². The highest BCUT2D eigenvalue weighted by Gasteiger charge is 2.12. The van der Waals surface area contributed by atoms with Gasteiger partial charge >= 0.3 is 0 Å². The standard InChI is InChI=1S/C20H19Br/c1-2-6-15-11-13-17(14-12-15)20(21)19-10-5-8-16-7-3-4-9-18(16)19/h3-5,7-14,20H,2,6H2,1H3. The summed E-state index contributed by atoms with van der Waals surface area (Å²) in [7, 11) is 0. The van der Waals surface area contributed by atoms with Crippen molar-refractivity contribution in [1.29, 1.82) is 0 Å². The normalized spacial score (nSPS) is 12.5. The zero-order valence-corrected chi connectivity index (χ0v) is 13.8. The highest BCUT2D eigenvalue weighted by Crippen LogP contribution is 2.35. The van der Waals surface area contributed by atoms with Crippen LogP contribution in [0.3, 0.4) is 0 Å². The van der Waals surface area contributed by atoms with Crippen LogP contribution in [0.4, 0.5) is 0 Å². The van der Waals surface area contributed by atoms with E-state index < -0.39 is 0 Å². The molecule has 0 amide bonds. The lowest BCUT2D eigenvalue weighted by Crippen LogP contribution is -1.95. The zero-order chi connectivity index (χ0) is 14.7. The molecule has 0 aromatic heterocycles. The number of alkyl halides is 1. The highest BCUT2D eigenvalue weighted by molar-refractivity contribution is 9.09. The summed E-state index contributed by atoms with van der Waals surface area (Å²) in [6.45, 7) is 2.22. The van der Waals surface area contributed by atoms with E-state index in [0.717, 1.165) is 6.42 Å². The molecule has 0 radical (unpaired) electrons. The number of halogens is 1. The molecular formula is C20H19Br. The monoisotopic (exact) mass is 338 g/mol. The van der Waals surface area contributed by atoms with Gasteiger partial charge in [0.15, 0.2) is 0 Å². The molecule has 0 aliphatic heterocycles. The fourth-order valence-corrected chi connectivity index (χ4v) is 3.50. The van der Waals surface area contributed by atoms with E-state index in [-0.39, 0.29) is 4.83 Å². The van der Waals surface area contributed by atoms with Crippen molar-refractivity contribution in [2.24, 2.45) is 0 Å². The second kappa shape index (κ2) is 6.44. The molecule has 0 heterocycles. The van der Waals surface area contributed by atoms with E-state index in [1.54, 1.807) is 0 Å². The number of benzene rings is 3. The summed E-state index contributed by atoms with van der Waals surface area (Å²) in [6.07, 6.45) is 2.35. The van der Waals surface area contributed by atoms with Gasteiger partial charge in [0.1, 0.15) is 0 Å². The van der Waals surface area contributed by atoms with Crippen molar-refractivity contribution in [2.45, 2.75) is 24.6 Å². The summed E-state index contributed by atoms with van der Waals surface area (Å²) in [5.41, 5.74) is 4.06. The quantitative estimate of drug-likeness (QED) is 0.491. The van der Waals surface area contributed by atoms with Crippen molar-refractivity contribution < 1.29 is 0 Å². The van der Waals surface area contributed by atoms with Crippen molar-refractivity contribution in [3.63, 3.8) is 0 Å². The summed E-state index contributed by atoms with van der Waals surface area (Å²) in [5, 5.41) is 2.61. The fraction of sp³-hybridized carbons (Fsp3) is 0.200. The number of rotatable bonds is 4. The Kier molecular flexibility index (Phi) is 4.40. The molecule has 0 saturated carbocycles. The van der Waals surface area contributed by atoms with E-state index in [2.05, 4.69) is 89.6 Å². The lowest BCUT2D eigenvalue weighted by molar-refractivity contribution is 0.920. The summed E-state index contributed by atoms with van der Waals surface area (Å²) in [4.78, 5) is 0.235. The minimum atomic E-state index is 0.235. The van der Waals surface area contributed by atoms with Crippen LogP contribution in [0, 0.1) is 0 Å². The van der Waals surface area contributed by atoms with Gasteiger partial charge in [-0.3, -0.25) is 0 Å². The van der Waals surface area contributed by atoms with Gasteiger partial charge < -0.3 is 0 Å². The molecule has 0 fully saturated rings. The van der Waals surface area contributed by atoms with E-state index >= 15 is 0 Å². The maximum absolute atomic E-state index is 3.88. The topological polar surface area (TPSA) is 0 Å². The predicted molar refractivity (Wildman–Crippen MR) is 95.2 cm³/mol. The van der Waals surface area contributed by atoms with Crippen molar-refractivity contribution in [3.05, 3.63) is 83.4 Å². The van der Waals surface area contributed by atoms with Crippen LogP contribution in [0.15, 0.2) is 66.7 Å². The summed E-state index contributed by atoms with van der Waals surface area (Å²) in [6, 6.07) is 24.1. The average Bonchev–Trinajstić information content (AvgIpc) is 2.55. The molecule has 0 saturated heterocycles. The van der Waals surface area contributed by atoms with Crippen LogP contribution >= 0.6 is 15.9 Å². The molecule has 106 valence electrons. The molecule has 1 atom stereocenters. The van der Waals surface area contributed by atoms with Crippen molar-refractivity contribution >= 4 is 26.7 Å². The van der Waals surface area contributed by atoms with Gasteiger partial charge in [0.25, 0.3) is 0 Å². The zero-order valence-electron chi connectivity index (χ0n) is 12.2. The highest BCUT2D eigenvalue weighted by atomic mass is 79.9. The Balaban J connectivity index is 1.98. The molecule has 1 heteroatoms. The maximum Gasteiger partial charge on any atom is 0.0650 e. The molecule has 0 nitrogen and oxygen atoms in total. The van der Waals surface area contributed by atoms with E-state index in [0.29, 0.717) is 0 Å². The van der Waals surface area contributed by atoms with Gasteiger partial charge in [0.2, 0.25) is 0 Å². The molecule has 0 spiro atoms. The van der Waals surface area contributed by atoms with Crippen molar-refractivity contribution in [2.75, 3.05) is 0 Å². The Morgan fingerprint density at radius 2 is 1.57 bits per heavy atom. The van der Waals surface area contributed by atoms with Crippen LogP contribution in [0.1, 0.15) is 34.9 Å². The Labute approximate surface area is 134 Å². The molecule has 3 aromatic rings. The number of fused-ring (bicyclic) bond motifs is 1. The molecule has 0 aliphatic rings. The minimum Gasteiger partial charge on any atom is -0.0786 e. The van der Waals surface area contributed by atoms with Gasteiger partial charge in [-0.05, 0) is 33.9 Å². The SMILES string of the molecule is CCCc1ccc(C(Br)c2cccc3ccccc23)cc1. The number of hydrogen-bond donors (Lipinski definition) is 0. The van der Waals surface area contributed by atoms with Crippen molar-refractivity contribution in [1.82, 2.24) is 0 Å². The summed E-state index contributed by atoms with van der Waals surface area (Å²) in [5.74, 6) is 0. The van der Waals surface area contributed by atoms with Crippen LogP contribution < -0.4 is 0 Å². The summed E-state index contributed by atoms with van der Waals surface area (Å²) >= 11 is 3.88. The van der Waals surface area contributed by atoms with Gasteiger partial charge in [-0.1, -0.05) is 96.0 Å². The lowest BCUT2D eigenvalue weighted by atomic mass is 9.97. The first-order valence-corrected chi connectivity index (χ1v) is 8.41. The van der Waals surface area contributed by atoms with E-state index in [1.807, 2.05) is 0 Å². The average molecular weight is 339 g/mol. The van der Waals surface area contributed by atoms with Crippen molar-refractivity contribution in [3.8, 4) is 0 Å². The van der Waals surface area contributed by atoms with Crippen LogP contribution in [-0.2, 0) is 6.42 Å². The molecule has 0 N–H and O–H groups in total. The molecule has 0 bridgehead atoms. The molecule has 3 aromatic carbocycles. The molecule has 0 aliphatic carbocycles. The first-order chi connectivity index (χ1) is 10.3. The number of aryl methyl sites for hydroxylation is 1. The Bertz CT molecular complexity index is 723. The van der Waals surface area contributed by atoms with Crippen LogP contribution in [0.2, 0.25) is 0 Å². The van der Waals surface area contributed by atoms with E-state index in [4.69, 9.17) is 0 Å². The Morgan fingerprint density at radius 1 is 0.857 bits per heavy atom. The largest absolute Gasteiger partial charge is 0.0786 e.